The summed E-state index contributed by atoms with van der Waals surface area (Å²) in [5.41, 5.74) is 6.43. The van der Waals surface area contributed by atoms with E-state index in [0.717, 1.165) is 0 Å². The maximum atomic E-state index is 12.0. The normalized spacial score (nSPS) is 11.2. The van der Waals surface area contributed by atoms with E-state index in [1.54, 1.807) is 13.0 Å². The van der Waals surface area contributed by atoms with E-state index in [1.807, 2.05) is 0 Å². The van der Waals surface area contributed by atoms with E-state index in [9.17, 15) is 13.2 Å². The van der Waals surface area contributed by atoms with Crippen LogP contribution in [0.5, 0.6) is 0 Å². The summed E-state index contributed by atoms with van der Waals surface area (Å²) in [5.74, 6) is 0.111. The number of thiocarbonyl (C=S) groups is 1. The summed E-state index contributed by atoms with van der Waals surface area (Å²) in [6.45, 7) is 0.515. The maximum Gasteiger partial charge on any atom is 0.405 e. The van der Waals surface area contributed by atoms with Gasteiger partial charge in [0.05, 0.1) is 0 Å². The molecule has 0 aliphatic heterocycles. The fourth-order valence-electron chi connectivity index (χ4n) is 1.09. The second-order valence-corrected chi connectivity index (χ2v) is 3.66. The van der Waals surface area contributed by atoms with Gasteiger partial charge in [-0.05, 0) is 19.1 Å². The van der Waals surface area contributed by atoms with Gasteiger partial charge in [-0.15, -0.1) is 0 Å². The third-order valence-electron chi connectivity index (χ3n) is 1.71. The van der Waals surface area contributed by atoms with E-state index in [-0.39, 0.29) is 10.8 Å². The number of hydrogen-bond acceptors (Lipinski definition) is 3. The predicted octanol–water partition coefficient (Wildman–Crippen LogP) is 2.00. The van der Waals surface area contributed by atoms with Crippen molar-refractivity contribution in [2.75, 3.05) is 11.9 Å². The van der Waals surface area contributed by atoms with Crippen LogP contribution in [0.4, 0.5) is 19.0 Å². The summed E-state index contributed by atoms with van der Waals surface area (Å²) in [6, 6.07) is 3.00. The van der Waals surface area contributed by atoms with Gasteiger partial charge in [0.1, 0.15) is 17.4 Å². The van der Waals surface area contributed by atoms with Crippen LogP contribution in [0.25, 0.3) is 0 Å². The number of pyridine rings is 1. The zero-order chi connectivity index (χ0) is 12.3. The Morgan fingerprint density at radius 3 is 2.62 bits per heavy atom. The third kappa shape index (κ3) is 4.01. The number of nitrogens with one attached hydrogen (secondary N) is 1. The molecule has 88 valence electrons. The number of halogens is 3. The van der Waals surface area contributed by atoms with Crippen molar-refractivity contribution in [2.45, 2.75) is 13.1 Å². The predicted molar refractivity (Wildman–Crippen MR) is 59.4 cm³/mol. The van der Waals surface area contributed by atoms with Gasteiger partial charge in [-0.2, -0.15) is 13.2 Å². The number of aromatic nitrogens is 1. The van der Waals surface area contributed by atoms with Crippen LogP contribution in [-0.4, -0.2) is 22.7 Å². The SMILES string of the molecule is Cc1cc(C(N)=S)cc(NCC(F)(F)F)n1. The molecule has 0 aliphatic rings. The molecule has 0 radical (unpaired) electrons. The number of nitrogens with two attached hydrogens (primary N) is 1. The highest BCUT2D eigenvalue weighted by atomic mass is 32.1. The highest BCUT2D eigenvalue weighted by molar-refractivity contribution is 7.80. The lowest BCUT2D eigenvalue weighted by molar-refractivity contribution is -0.115. The maximum absolute atomic E-state index is 12.0. The summed E-state index contributed by atoms with van der Waals surface area (Å²) in [6.07, 6.45) is -4.28. The van der Waals surface area contributed by atoms with Crippen LogP contribution in [0.15, 0.2) is 12.1 Å². The smallest absolute Gasteiger partial charge is 0.389 e. The first-order valence-electron chi connectivity index (χ1n) is 4.37. The molecule has 1 heterocycles. The van der Waals surface area contributed by atoms with Gasteiger partial charge in [-0.1, -0.05) is 12.2 Å². The van der Waals surface area contributed by atoms with Crippen molar-refractivity contribution >= 4 is 23.0 Å². The first-order valence-corrected chi connectivity index (χ1v) is 4.78. The van der Waals surface area contributed by atoms with E-state index >= 15 is 0 Å². The van der Waals surface area contributed by atoms with Gasteiger partial charge >= 0.3 is 6.18 Å². The van der Waals surface area contributed by atoms with Crippen molar-refractivity contribution in [1.29, 1.82) is 0 Å². The molecule has 3 nitrogen and oxygen atoms in total. The van der Waals surface area contributed by atoms with Crippen molar-refractivity contribution in [2.24, 2.45) is 5.73 Å². The number of aryl methyl sites for hydroxylation is 1. The van der Waals surface area contributed by atoms with E-state index < -0.39 is 12.7 Å². The highest BCUT2D eigenvalue weighted by Gasteiger charge is 2.26. The standard InChI is InChI=1S/C9H10F3N3S/c1-5-2-6(8(13)16)3-7(15-5)14-4-9(10,11)12/h2-3H,4H2,1H3,(H2,13,16)(H,14,15). The lowest BCUT2D eigenvalue weighted by atomic mass is 10.2. The van der Waals surface area contributed by atoms with Crippen molar-refractivity contribution in [3.05, 3.63) is 23.4 Å². The molecule has 1 aromatic rings. The quantitative estimate of drug-likeness (QED) is 0.804. The summed E-state index contributed by atoms with van der Waals surface area (Å²) in [7, 11) is 0. The molecule has 16 heavy (non-hydrogen) atoms. The monoisotopic (exact) mass is 249 g/mol. The molecule has 1 rings (SSSR count). The molecule has 0 unspecified atom stereocenters. The Bertz CT molecular complexity index is 403. The zero-order valence-electron chi connectivity index (χ0n) is 8.43. The molecule has 0 atom stereocenters. The van der Waals surface area contributed by atoms with Gasteiger partial charge in [-0.3, -0.25) is 0 Å². The lowest BCUT2D eigenvalue weighted by Gasteiger charge is -2.10. The minimum atomic E-state index is -4.28. The average molecular weight is 249 g/mol. The number of anilines is 1. The molecule has 1 aromatic heterocycles. The topological polar surface area (TPSA) is 50.9 Å². The van der Waals surface area contributed by atoms with E-state index in [2.05, 4.69) is 10.3 Å². The summed E-state index contributed by atoms with van der Waals surface area (Å²) in [4.78, 5) is 4.02. The molecule has 3 N–H and O–H groups in total. The molecule has 0 saturated carbocycles. The average Bonchev–Trinajstić information content (AvgIpc) is 2.13. The first-order chi connectivity index (χ1) is 7.28. The summed E-state index contributed by atoms with van der Waals surface area (Å²) in [5, 5.41) is 2.17. The molecular weight excluding hydrogens is 239 g/mol. The van der Waals surface area contributed by atoms with Crippen LogP contribution in [0.1, 0.15) is 11.3 Å². The summed E-state index contributed by atoms with van der Waals surface area (Å²) < 4.78 is 35.9. The molecular formula is C9H10F3N3S. The Morgan fingerprint density at radius 2 is 2.12 bits per heavy atom. The van der Waals surface area contributed by atoms with Crippen LogP contribution in [0.3, 0.4) is 0 Å². The Labute approximate surface area is 95.9 Å². The molecule has 0 bridgehead atoms. The largest absolute Gasteiger partial charge is 0.405 e. The highest BCUT2D eigenvalue weighted by Crippen LogP contribution is 2.16. The van der Waals surface area contributed by atoms with E-state index in [1.165, 1.54) is 6.07 Å². The van der Waals surface area contributed by atoms with Gasteiger partial charge in [-0.25, -0.2) is 4.98 Å². The van der Waals surface area contributed by atoms with Gasteiger partial charge in [0.2, 0.25) is 0 Å². The number of alkyl halides is 3. The zero-order valence-corrected chi connectivity index (χ0v) is 9.25. The Kier molecular flexibility index (Phi) is 3.69. The third-order valence-corrected chi connectivity index (χ3v) is 1.94. The Hall–Kier alpha value is -1.37. The molecule has 0 fully saturated rings. The van der Waals surface area contributed by atoms with Crippen molar-refractivity contribution < 1.29 is 13.2 Å². The lowest BCUT2D eigenvalue weighted by Crippen LogP contribution is -2.22. The van der Waals surface area contributed by atoms with E-state index in [4.69, 9.17) is 18.0 Å². The van der Waals surface area contributed by atoms with Crippen molar-refractivity contribution in [3.8, 4) is 0 Å². The Balaban J connectivity index is 2.85. The van der Waals surface area contributed by atoms with Crippen LogP contribution >= 0.6 is 12.2 Å². The Morgan fingerprint density at radius 1 is 1.50 bits per heavy atom. The fraction of sp³-hybridized carbons (Fsp3) is 0.333. The number of hydrogen-bond donors (Lipinski definition) is 2. The van der Waals surface area contributed by atoms with Crippen molar-refractivity contribution in [1.82, 2.24) is 4.98 Å². The summed E-state index contributed by atoms with van der Waals surface area (Å²) >= 11 is 4.74. The van der Waals surface area contributed by atoms with Gasteiger partial charge in [0.15, 0.2) is 0 Å². The fourth-order valence-corrected chi connectivity index (χ4v) is 1.21. The van der Waals surface area contributed by atoms with E-state index in [0.29, 0.717) is 11.3 Å². The van der Waals surface area contributed by atoms with Gasteiger partial charge < -0.3 is 11.1 Å². The number of rotatable bonds is 3. The number of nitrogens with zero attached hydrogens (tertiary/aromatic N) is 1. The van der Waals surface area contributed by atoms with Crippen LogP contribution in [0.2, 0.25) is 0 Å². The van der Waals surface area contributed by atoms with Gasteiger partial charge in [0, 0.05) is 11.3 Å². The molecule has 0 aliphatic carbocycles. The molecule has 0 amide bonds. The molecule has 0 saturated heterocycles. The molecule has 0 aromatic carbocycles. The van der Waals surface area contributed by atoms with Crippen molar-refractivity contribution in [3.63, 3.8) is 0 Å². The minimum absolute atomic E-state index is 0.111. The second kappa shape index (κ2) is 4.65. The molecule has 7 heteroatoms. The van der Waals surface area contributed by atoms with Gasteiger partial charge in [0.25, 0.3) is 0 Å². The minimum Gasteiger partial charge on any atom is -0.389 e. The van der Waals surface area contributed by atoms with Crippen LogP contribution < -0.4 is 11.1 Å². The molecule has 0 spiro atoms. The second-order valence-electron chi connectivity index (χ2n) is 3.22. The van der Waals surface area contributed by atoms with Crippen LogP contribution in [0, 0.1) is 6.92 Å². The first kappa shape index (κ1) is 12.7. The van der Waals surface area contributed by atoms with Crippen LogP contribution in [-0.2, 0) is 0 Å².